The number of benzene rings is 3. The fraction of sp³-hybridized carbons (Fsp3) is 0.0952. The molecule has 0 N–H and O–H groups in total. The Bertz CT molecular complexity index is 808. The van der Waals surface area contributed by atoms with Crippen LogP contribution in [0, 0.1) is 0 Å². The van der Waals surface area contributed by atoms with Crippen LogP contribution in [-0.2, 0) is 11.3 Å². The Labute approximate surface area is 141 Å². The summed E-state index contributed by atoms with van der Waals surface area (Å²) in [5.74, 6) is 0.276. The number of carbonyl (C=O) groups is 1. The molecule has 0 radical (unpaired) electrons. The number of esters is 1. The molecule has 0 aromatic heterocycles. The Morgan fingerprint density at radius 3 is 2.25 bits per heavy atom. The van der Waals surface area contributed by atoms with Gasteiger partial charge in [0, 0.05) is 0 Å². The summed E-state index contributed by atoms with van der Waals surface area (Å²) in [6.45, 7) is 0.241. The van der Waals surface area contributed by atoms with E-state index in [1.165, 1.54) is 0 Å². The average Bonchev–Trinajstić information content (AvgIpc) is 2.67. The predicted molar refractivity (Wildman–Crippen MR) is 94.0 cm³/mol. The first-order chi connectivity index (χ1) is 11.8. The standard InChI is InChI=1S/C21H18O3/c1-23-20-9-5-8-19(14-20)21(22)24-15-16-10-12-18(13-11-16)17-6-3-2-4-7-17/h2-14H,15H2,1H3. The molecule has 120 valence electrons. The fourth-order valence-electron chi connectivity index (χ4n) is 2.41. The third kappa shape index (κ3) is 3.82. The van der Waals surface area contributed by atoms with E-state index in [2.05, 4.69) is 12.1 Å². The minimum Gasteiger partial charge on any atom is -0.497 e. The van der Waals surface area contributed by atoms with E-state index in [4.69, 9.17) is 9.47 Å². The Morgan fingerprint density at radius 1 is 0.833 bits per heavy atom. The zero-order chi connectivity index (χ0) is 16.8. The maximum absolute atomic E-state index is 12.1. The normalized spacial score (nSPS) is 10.2. The maximum atomic E-state index is 12.1. The smallest absolute Gasteiger partial charge is 0.338 e. The molecule has 0 aliphatic heterocycles. The van der Waals surface area contributed by atoms with Crippen LogP contribution >= 0.6 is 0 Å². The quantitative estimate of drug-likeness (QED) is 0.639. The summed E-state index contributed by atoms with van der Waals surface area (Å²) in [6.07, 6.45) is 0. The van der Waals surface area contributed by atoms with E-state index in [0.717, 1.165) is 16.7 Å². The monoisotopic (exact) mass is 318 g/mol. The first kappa shape index (κ1) is 15.8. The van der Waals surface area contributed by atoms with Crippen LogP contribution in [0.3, 0.4) is 0 Å². The molecule has 3 aromatic rings. The van der Waals surface area contributed by atoms with Crippen LogP contribution in [0.5, 0.6) is 5.75 Å². The van der Waals surface area contributed by atoms with Gasteiger partial charge in [0.1, 0.15) is 12.4 Å². The van der Waals surface area contributed by atoms with E-state index in [9.17, 15) is 4.79 Å². The summed E-state index contributed by atoms with van der Waals surface area (Å²) < 4.78 is 10.5. The molecule has 0 bridgehead atoms. The number of ether oxygens (including phenoxy) is 2. The van der Waals surface area contributed by atoms with Gasteiger partial charge >= 0.3 is 5.97 Å². The second kappa shape index (κ2) is 7.47. The molecule has 0 saturated heterocycles. The number of rotatable bonds is 5. The summed E-state index contributed by atoms with van der Waals surface area (Å²) in [5, 5.41) is 0. The molecule has 0 fully saturated rings. The van der Waals surface area contributed by atoms with E-state index < -0.39 is 0 Å². The first-order valence-electron chi connectivity index (χ1n) is 7.72. The van der Waals surface area contributed by atoms with Gasteiger partial charge in [-0.3, -0.25) is 0 Å². The number of hydrogen-bond acceptors (Lipinski definition) is 3. The molecule has 0 unspecified atom stereocenters. The summed E-state index contributed by atoms with van der Waals surface area (Å²) in [6, 6.07) is 25.1. The number of hydrogen-bond donors (Lipinski definition) is 0. The van der Waals surface area contributed by atoms with E-state index in [-0.39, 0.29) is 12.6 Å². The van der Waals surface area contributed by atoms with Gasteiger partial charge in [-0.2, -0.15) is 0 Å². The Kier molecular flexibility index (Phi) is 4.92. The summed E-state index contributed by atoms with van der Waals surface area (Å²) in [5.41, 5.74) is 3.73. The third-order valence-electron chi connectivity index (χ3n) is 3.74. The molecule has 3 nitrogen and oxygen atoms in total. The van der Waals surface area contributed by atoms with Crippen LogP contribution in [0.2, 0.25) is 0 Å². The highest BCUT2D eigenvalue weighted by atomic mass is 16.5. The first-order valence-corrected chi connectivity index (χ1v) is 7.72. The van der Waals surface area contributed by atoms with Crippen molar-refractivity contribution in [1.82, 2.24) is 0 Å². The van der Waals surface area contributed by atoms with Gasteiger partial charge in [0.25, 0.3) is 0 Å². The van der Waals surface area contributed by atoms with Crippen molar-refractivity contribution in [2.45, 2.75) is 6.61 Å². The van der Waals surface area contributed by atoms with Crippen molar-refractivity contribution in [3.8, 4) is 16.9 Å². The summed E-state index contributed by atoms with van der Waals surface area (Å²) >= 11 is 0. The largest absolute Gasteiger partial charge is 0.497 e. The minimum atomic E-state index is -0.360. The molecule has 0 atom stereocenters. The lowest BCUT2D eigenvalue weighted by molar-refractivity contribution is 0.0472. The molecule has 0 aliphatic rings. The highest BCUT2D eigenvalue weighted by Crippen LogP contribution is 2.20. The molecule has 3 aromatic carbocycles. The topological polar surface area (TPSA) is 35.5 Å². The molecule has 0 heterocycles. The Hall–Kier alpha value is -3.07. The van der Waals surface area contributed by atoms with Crippen molar-refractivity contribution >= 4 is 5.97 Å². The van der Waals surface area contributed by atoms with Crippen molar-refractivity contribution in [1.29, 1.82) is 0 Å². The number of methoxy groups -OCH3 is 1. The lowest BCUT2D eigenvalue weighted by atomic mass is 10.0. The summed E-state index contributed by atoms with van der Waals surface area (Å²) in [4.78, 5) is 12.1. The Morgan fingerprint density at radius 2 is 1.54 bits per heavy atom. The van der Waals surface area contributed by atoms with E-state index in [1.54, 1.807) is 31.4 Å². The van der Waals surface area contributed by atoms with Crippen LogP contribution < -0.4 is 4.74 Å². The van der Waals surface area contributed by atoms with Gasteiger partial charge in [-0.1, -0.05) is 60.7 Å². The van der Waals surface area contributed by atoms with Gasteiger partial charge in [0.2, 0.25) is 0 Å². The second-order valence-electron chi connectivity index (χ2n) is 5.37. The van der Waals surface area contributed by atoms with Gasteiger partial charge < -0.3 is 9.47 Å². The highest BCUT2D eigenvalue weighted by Gasteiger charge is 2.08. The molecule has 0 spiro atoms. The average molecular weight is 318 g/mol. The minimum absolute atomic E-state index is 0.241. The van der Waals surface area contributed by atoms with Crippen molar-refractivity contribution in [2.75, 3.05) is 7.11 Å². The molecular formula is C21H18O3. The van der Waals surface area contributed by atoms with Crippen molar-refractivity contribution in [3.63, 3.8) is 0 Å². The summed E-state index contributed by atoms with van der Waals surface area (Å²) in [7, 11) is 1.57. The van der Waals surface area contributed by atoms with Crippen LogP contribution in [0.4, 0.5) is 0 Å². The van der Waals surface area contributed by atoms with E-state index in [0.29, 0.717) is 11.3 Å². The van der Waals surface area contributed by atoms with Gasteiger partial charge in [-0.05, 0) is 34.9 Å². The fourth-order valence-corrected chi connectivity index (χ4v) is 2.41. The predicted octanol–water partition coefficient (Wildman–Crippen LogP) is 4.72. The Balaban J connectivity index is 1.63. The van der Waals surface area contributed by atoms with Crippen molar-refractivity contribution < 1.29 is 14.3 Å². The molecule has 0 amide bonds. The lowest BCUT2D eigenvalue weighted by Gasteiger charge is -2.07. The molecular weight excluding hydrogens is 300 g/mol. The van der Waals surface area contributed by atoms with Crippen LogP contribution in [0.15, 0.2) is 78.9 Å². The SMILES string of the molecule is COc1cccc(C(=O)OCc2ccc(-c3ccccc3)cc2)c1. The molecule has 3 heteroatoms. The van der Waals surface area contributed by atoms with Crippen LogP contribution in [-0.4, -0.2) is 13.1 Å². The second-order valence-corrected chi connectivity index (χ2v) is 5.37. The van der Waals surface area contributed by atoms with Crippen LogP contribution in [0.1, 0.15) is 15.9 Å². The van der Waals surface area contributed by atoms with Gasteiger partial charge in [-0.25, -0.2) is 4.79 Å². The molecule has 3 rings (SSSR count). The van der Waals surface area contributed by atoms with Crippen molar-refractivity contribution in [2.24, 2.45) is 0 Å². The van der Waals surface area contributed by atoms with Crippen molar-refractivity contribution in [3.05, 3.63) is 90.0 Å². The highest BCUT2D eigenvalue weighted by molar-refractivity contribution is 5.89. The molecule has 24 heavy (non-hydrogen) atoms. The lowest BCUT2D eigenvalue weighted by Crippen LogP contribution is -2.05. The van der Waals surface area contributed by atoms with E-state index in [1.807, 2.05) is 42.5 Å². The maximum Gasteiger partial charge on any atom is 0.338 e. The number of carbonyl (C=O) groups excluding carboxylic acids is 1. The zero-order valence-electron chi connectivity index (χ0n) is 13.4. The van der Waals surface area contributed by atoms with Gasteiger partial charge in [0.05, 0.1) is 12.7 Å². The van der Waals surface area contributed by atoms with Gasteiger partial charge in [0.15, 0.2) is 0 Å². The van der Waals surface area contributed by atoms with Gasteiger partial charge in [-0.15, -0.1) is 0 Å². The molecule has 0 saturated carbocycles. The molecule has 0 aliphatic carbocycles. The van der Waals surface area contributed by atoms with E-state index >= 15 is 0 Å². The van der Waals surface area contributed by atoms with Crippen LogP contribution in [0.25, 0.3) is 11.1 Å². The third-order valence-corrected chi connectivity index (χ3v) is 3.74. The zero-order valence-corrected chi connectivity index (χ0v) is 13.4.